The number of nitrogens with zero attached hydrogens (tertiary/aromatic N) is 2. The molecule has 0 fully saturated rings. The SMILES string of the molecule is CNCCCCn1nc(C)c(Br)c1C. The lowest BCUT2D eigenvalue weighted by atomic mass is 10.3. The van der Waals surface area contributed by atoms with Crippen LogP contribution in [0.15, 0.2) is 4.47 Å². The molecule has 1 aromatic rings. The van der Waals surface area contributed by atoms with Crippen molar-refractivity contribution in [3.8, 4) is 0 Å². The van der Waals surface area contributed by atoms with Gasteiger partial charge < -0.3 is 5.32 Å². The first-order chi connectivity index (χ1) is 6.66. The van der Waals surface area contributed by atoms with Crippen LogP contribution in [0.1, 0.15) is 24.2 Å². The summed E-state index contributed by atoms with van der Waals surface area (Å²) in [6, 6.07) is 0. The minimum absolute atomic E-state index is 1.01. The molecule has 0 spiro atoms. The van der Waals surface area contributed by atoms with Crippen LogP contribution in [0, 0.1) is 13.8 Å². The van der Waals surface area contributed by atoms with Crippen LogP contribution < -0.4 is 5.32 Å². The van der Waals surface area contributed by atoms with Crippen molar-refractivity contribution in [1.29, 1.82) is 0 Å². The van der Waals surface area contributed by atoms with Gasteiger partial charge in [-0.25, -0.2) is 0 Å². The largest absolute Gasteiger partial charge is 0.320 e. The molecule has 1 aromatic heterocycles. The Morgan fingerprint density at radius 2 is 2.07 bits per heavy atom. The fraction of sp³-hybridized carbons (Fsp3) is 0.700. The molecule has 1 rings (SSSR count). The number of hydrogen-bond donors (Lipinski definition) is 1. The first-order valence-electron chi connectivity index (χ1n) is 5.01. The van der Waals surface area contributed by atoms with Gasteiger partial charge in [0.2, 0.25) is 0 Å². The number of unbranched alkanes of at least 4 members (excludes halogenated alkanes) is 1. The van der Waals surface area contributed by atoms with Crippen LogP contribution in [-0.2, 0) is 6.54 Å². The maximum atomic E-state index is 4.46. The summed E-state index contributed by atoms with van der Waals surface area (Å²) in [5, 5.41) is 7.60. The minimum Gasteiger partial charge on any atom is -0.320 e. The van der Waals surface area contributed by atoms with Gasteiger partial charge in [0.15, 0.2) is 0 Å². The van der Waals surface area contributed by atoms with Gasteiger partial charge in [0, 0.05) is 12.2 Å². The molecular formula is C10H18BrN3. The normalized spacial score (nSPS) is 10.9. The Hall–Kier alpha value is -0.350. The topological polar surface area (TPSA) is 29.9 Å². The zero-order valence-corrected chi connectivity index (χ0v) is 10.7. The van der Waals surface area contributed by atoms with Gasteiger partial charge in [-0.3, -0.25) is 4.68 Å². The molecule has 0 amide bonds. The van der Waals surface area contributed by atoms with Crippen molar-refractivity contribution in [3.05, 3.63) is 15.9 Å². The Labute approximate surface area is 94.0 Å². The third-order valence-corrected chi connectivity index (χ3v) is 3.49. The van der Waals surface area contributed by atoms with Gasteiger partial charge in [0.05, 0.1) is 10.2 Å². The molecule has 1 heterocycles. The van der Waals surface area contributed by atoms with E-state index in [0.717, 1.165) is 23.3 Å². The zero-order valence-electron chi connectivity index (χ0n) is 9.10. The number of aryl methyl sites for hydroxylation is 2. The summed E-state index contributed by atoms with van der Waals surface area (Å²) < 4.78 is 3.22. The van der Waals surface area contributed by atoms with Crippen LogP contribution >= 0.6 is 15.9 Å². The highest BCUT2D eigenvalue weighted by atomic mass is 79.9. The van der Waals surface area contributed by atoms with Gasteiger partial charge in [-0.15, -0.1) is 0 Å². The van der Waals surface area contributed by atoms with E-state index in [1.165, 1.54) is 18.5 Å². The first-order valence-corrected chi connectivity index (χ1v) is 5.80. The van der Waals surface area contributed by atoms with Crippen LogP contribution in [-0.4, -0.2) is 23.4 Å². The average Bonchev–Trinajstić information content (AvgIpc) is 2.41. The lowest BCUT2D eigenvalue weighted by Gasteiger charge is -2.03. The Morgan fingerprint density at radius 3 is 2.57 bits per heavy atom. The summed E-state index contributed by atoms with van der Waals surface area (Å²) in [5.41, 5.74) is 2.31. The quantitative estimate of drug-likeness (QED) is 0.823. The number of halogens is 1. The Morgan fingerprint density at radius 1 is 1.36 bits per heavy atom. The molecular weight excluding hydrogens is 242 g/mol. The summed E-state index contributed by atoms with van der Waals surface area (Å²) in [7, 11) is 1.99. The highest BCUT2D eigenvalue weighted by Crippen LogP contribution is 2.19. The summed E-state index contributed by atoms with van der Waals surface area (Å²) in [6.07, 6.45) is 2.38. The van der Waals surface area contributed by atoms with Crippen LogP contribution in [0.25, 0.3) is 0 Å². The molecule has 0 aromatic carbocycles. The maximum Gasteiger partial charge on any atom is 0.0738 e. The molecule has 0 saturated carbocycles. The Kier molecular flexibility index (Phi) is 4.62. The van der Waals surface area contributed by atoms with Crippen molar-refractivity contribution >= 4 is 15.9 Å². The molecule has 0 unspecified atom stereocenters. The number of rotatable bonds is 5. The highest BCUT2D eigenvalue weighted by molar-refractivity contribution is 9.10. The van der Waals surface area contributed by atoms with E-state index in [0.29, 0.717) is 0 Å². The van der Waals surface area contributed by atoms with E-state index in [2.05, 4.69) is 38.0 Å². The van der Waals surface area contributed by atoms with Gasteiger partial charge in [0.25, 0.3) is 0 Å². The predicted octanol–water partition coefficient (Wildman–Crippen LogP) is 2.26. The van der Waals surface area contributed by atoms with Gasteiger partial charge in [-0.05, 0) is 56.2 Å². The molecule has 4 heteroatoms. The van der Waals surface area contributed by atoms with Crippen LogP contribution in [0.2, 0.25) is 0 Å². The molecule has 0 radical (unpaired) electrons. The van der Waals surface area contributed by atoms with E-state index >= 15 is 0 Å². The third kappa shape index (κ3) is 2.82. The van der Waals surface area contributed by atoms with Crippen molar-refractivity contribution in [3.63, 3.8) is 0 Å². The fourth-order valence-electron chi connectivity index (χ4n) is 1.46. The molecule has 0 bridgehead atoms. The van der Waals surface area contributed by atoms with Crippen LogP contribution in [0.4, 0.5) is 0 Å². The van der Waals surface area contributed by atoms with E-state index < -0.39 is 0 Å². The van der Waals surface area contributed by atoms with Crippen molar-refractivity contribution in [2.75, 3.05) is 13.6 Å². The number of nitrogens with one attached hydrogen (secondary N) is 1. The summed E-state index contributed by atoms with van der Waals surface area (Å²) in [6.45, 7) is 6.23. The van der Waals surface area contributed by atoms with E-state index in [1.54, 1.807) is 0 Å². The van der Waals surface area contributed by atoms with Crippen molar-refractivity contribution in [1.82, 2.24) is 15.1 Å². The molecule has 0 aliphatic carbocycles. The molecule has 0 saturated heterocycles. The lowest BCUT2D eigenvalue weighted by molar-refractivity contribution is 0.535. The second kappa shape index (κ2) is 5.51. The second-order valence-electron chi connectivity index (χ2n) is 3.52. The highest BCUT2D eigenvalue weighted by Gasteiger charge is 2.07. The molecule has 80 valence electrons. The fourth-order valence-corrected chi connectivity index (χ4v) is 1.74. The molecule has 3 nitrogen and oxygen atoms in total. The summed E-state index contributed by atoms with van der Waals surface area (Å²) >= 11 is 3.53. The van der Waals surface area contributed by atoms with E-state index in [-0.39, 0.29) is 0 Å². The number of aromatic nitrogens is 2. The molecule has 0 aliphatic heterocycles. The van der Waals surface area contributed by atoms with Crippen molar-refractivity contribution in [2.24, 2.45) is 0 Å². The Bertz CT molecular complexity index is 294. The van der Waals surface area contributed by atoms with Gasteiger partial charge >= 0.3 is 0 Å². The lowest BCUT2D eigenvalue weighted by Crippen LogP contribution is -2.09. The Balaban J connectivity index is 2.47. The molecule has 0 atom stereocenters. The van der Waals surface area contributed by atoms with E-state index in [4.69, 9.17) is 0 Å². The maximum absolute atomic E-state index is 4.46. The predicted molar refractivity (Wildman–Crippen MR) is 62.6 cm³/mol. The molecule has 1 N–H and O–H groups in total. The van der Waals surface area contributed by atoms with Gasteiger partial charge in [0.1, 0.15) is 0 Å². The smallest absolute Gasteiger partial charge is 0.0738 e. The standard InChI is InChI=1S/C10H18BrN3/c1-8-10(11)9(2)14(13-8)7-5-4-6-12-3/h12H,4-7H2,1-3H3. The van der Waals surface area contributed by atoms with E-state index in [1.807, 2.05) is 14.0 Å². The summed E-state index contributed by atoms with van der Waals surface area (Å²) in [4.78, 5) is 0. The van der Waals surface area contributed by atoms with Crippen molar-refractivity contribution < 1.29 is 0 Å². The van der Waals surface area contributed by atoms with Gasteiger partial charge in [-0.1, -0.05) is 0 Å². The average molecular weight is 260 g/mol. The first kappa shape index (κ1) is 11.7. The van der Waals surface area contributed by atoms with Crippen LogP contribution in [0.5, 0.6) is 0 Å². The van der Waals surface area contributed by atoms with E-state index in [9.17, 15) is 0 Å². The summed E-state index contributed by atoms with van der Waals surface area (Å²) in [5.74, 6) is 0. The van der Waals surface area contributed by atoms with Crippen LogP contribution in [0.3, 0.4) is 0 Å². The number of hydrogen-bond acceptors (Lipinski definition) is 2. The van der Waals surface area contributed by atoms with Gasteiger partial charge in [-0.2, -0.15) is 5.10 Å². The minimum atomic E-state index is 1.01. The molecule has 14 heavy (non-hydrogen) atoms. The van der Waals surface area contributed by atoms with Crippen molar-refractivity contribution in [2.45, 2.75) is 33.2 Å². The monoisotopic (exact) mass is 259 g/mol. The second-order valence-corrected chi connectivity index (χ2v) is 4.31. The zero-order chi connectivity index (χ0) is 10.6. The molecule has 0 aliphatic rings. The third-order valence-electron chi connectivity index (χ3n) is 2.34.